The van der Waals surface area contributed by atoms with Gasteiger partial charge in [-0.1, -0.05) is 12.1 Å². The van der Waals surface area contributed by atoms with Crippen molar-refractivity contribution >= 4 is 10.9 Å². The Hall–Kier alpha value is -0.622. The van der Waals surface area contributed by atoms with Gasteiger partial charge in [-0.3, -0.25) is 5.10 Å². The normalized spacial score (nSPS) is 9.75. The second kappa shape index (κ2) is 3.86. The van der Waals surface area contributed by atoms with Crippen LogP contribution in [-0.2, 0) is 27.6 Å². The number of para-hydroxylation sites is 1. The van der Waals surface area contributed by atoms with Crippen LogP contribution in [0.15, 0.2) is 24.3 Å². The molecule has 1 aromatic heterocycles. The van der Waals surface area contributed by atoms with Crippen molar-refractivity contribution in [3.63, 3.8) is 0 Å². The number of hydrogen-bond donors (Lipinski definition) is 0. The molecular weight excluding hydrogens is 320 g/mol. The Morgan fingerprint density at radius 3 is 2.92 bits per heavy atom. The third kappa shape index (κ3) is 1.44. The van der Waals surface area contributed by atoms with Crippen molar-refractivity contribution in [3.8, 4) is 0 Å². The Labute approximate surface area is 85.8 Å². The Balaban J connectivity index is 0.000000720. The van der Waals surface area contributed by atoms with Crippen molar-refractivity contribution < 1.29 is 21.1 Å². The quantitative estimate of drug-likeness (QED) is 0.731. The molecule has 2 nitrogen and oxygen atoms in total. The first-order valence-corrected chi connectivity index (χ1v) is 3.75. The van der Waals surface area contributed by atoms with E-state index in [2.05, 4.69) is 24.3 Å². The van der Waals surface area contributed by atoms with Crippen LogP contribution >= 0.6 is 0 Å². The molecule has 0 aliphatic heterocycles. The summed E-state index contributed by atoms with van der Waals surface area (Å²) in [6, 6.07) is 8.10. The van der Waals surface area contributed by atoms with E-state index >= 15 is 0 Å². The minimum absolute atomic E-state index is 0. The fourth-order valence-corrected chi connectivity index (χ4v) is 1.20. The fraction of sp³-hybridized carbons (Fsp3) is 0.222. The Morgan fingerprint density at radius 2 is 2.17 bits per heavy atom. The van der Waals surface area contributed by atoms with Gasteiger partial charge in [0.25, 0.3) is 0 Å². The summed E-state index contributed by atoms with van der Waals surface area (Å²) in [7, 11) is 0. The van der Waals surface area contributed by atoms with Gasteiger partial charge in [0.2, 0.25) is 0 Å². The molecule has 2 aromatic rings. The van der Waals surface area contributed by atoms with Gasteiger partial charge in [0.05, 0.1) is 0 Å². The van der Waals surface area contributed by atoms with E-state index in [0.717, 1.165) is 17.4 Å². The van der Waals surface area contributed by atoms with Gasteiger partial charge in [-0.25, -0.2) is 0 Å². The maximum Gasteiger partial charge on any atom is 0.0245 e. The van der Waals surface area contributed by atoms with Crippen LogP contribution in [0.25, 0.3) is 10.9 Å². The van der Waals surface area contributed by atoms with Gasteiger partial charge in [-0.05, 0) is 18.6 Å². The summed E-state index contributed by atoms with van der Waals surface area (Å²) < 4.78 is 1.94. The predicted molar refractivity (Wildman–Crippen MR) is 44.2 cm³/mol. The van der Waals surface area contributed by atoms with Gasteiger partial charge in [0.1, 0.15) is 0 Å². The first-order valence-electron chi connectivity index (χ1n) is 3.75. The number of fused-ring (bicyclic) bond motifs is 1. The molecule has 0 atom stereocenters. The molecular formula is C9H9N2W-. The van der Waals surface area contributed by atoms with Crippen LogP contribution in [0.5, 0.6) is 0 Å². The van der Waals surface area contributed by atoms with Crippen LogP contribution in [0.1, 0.15) is 6.92 Å². The second-order valence-corrected chi connectivity index (χ2v) is 2.44. The summed E-state index contributed by atoms with van der Waals surface area (Å²) in [6.07, 6.45) is 2.95. The summed E-state index contributed by atoms with van der Waals surface area (Å²) in [6.45, 7) is 2.98. The van der Waals surface area contributed by atoms with Crippen molar-refractivity contribution in [2.45, 2.75) is 13.5 Å². The van der Waals surface area contributed by atoms with Gasteiger partial charge in [0, 0.05) is 27.6 Å². The molecule has 12 heavy (non-hydrogen) atoms. The molecule has 62 valence electrons. The Kier molecular flexibility index (Phi) is 3.04. The number of benzene rings is 1. The van der Waals surface area contributed by atoms with Gasteiger partial charge < -0.3 is 4.68 Å². The number of rotatable bonds is 1. The average molecular weight is 329 g/mol. The zero-order chi connectivity index (χ0) is 7.68. The molecule has 0 aliphatic rings. The first kappa shape index (κ1) is 9.47. The van der Waals surface area contributed by atoms with E-state index in [0.29, 0.717) is 0 Å². The van der Waals surface area contributed by atoms with E-state index in [1.54, 1.807) is 0 Å². The van der Waals surface area contributed by atoms with Crippen molar-refractivity contribution in [1.82, 2.24) is 9.78 Å². The fourth-order valence-electron chi connectivity index (χ4n) is 1.20. The molecule has 0 saturated carbocycles. The van der Waals surface area contributed by atoms with Crippen molar-refractivity contribution in [3.05, 3.63) is 30.5 Å². The van der Waals surface area contributed by atoms with Crippen LogP contribution in [-0.4, -0.2) is 9.78 Å². The molecule has 0 aliphatic carbocycles. The molecule has 1 heterocycles. The minimum atomic E-state index is 0. The summed E-state index contributed by atoms with van der Waals surface area (Å²) >= 11 is 0. The zero-order valence-corrected chi connectivity index (χ0v) is 9.75. The van der Waals surface area contributed by atoms with E-state index < -0.39 is 0 Å². The summed E-state index contributed by atoms with van der Waals surface area (Å²) in [5.74, 6) is 0. The molecule has 0 fully saturated rings. The van der Waals surface area contributed by atoms with Crippen molar-refractivity contribution in [1.29, 1.82) is 0 Å². The smallest absolute Gasteiger partial charge is 0.0245 e. The summed E-state index contributed by atoms with van der Waals surface area (Å²) in [4.78, 5) is 0. The molecule has 0 amide bonds. The molecule has 0 unspecified atom stereocenters. The van der Waals surface area contributed by atoms with E-state index in [9.17, 15) is 0 Å². The van der Waals surface area contributed by atoms with Crippen LogP contribution < -0.4 is 0 Å². The molecule has 3 heteroatoms. The maximum atomic E-state index is 4.11. The van der Waals surface area contributed by atoms with Crippen molar-refractivity contribution in [2.24, 2.45) is 0 Å². The number of aromatic nitrogens is 2. The molecule has 0 bridgehead atoms. The van der Waals surface area contributed by atoms with E-state index in [1.165, 1.54) is 0 Å². The molecule has 0 N–H and O–H groups in total. The summed E-state index contributed by atoms with van der Waals surface area (Å²) in [5.41, 5.74) is 1.16. The molecule has 1 aromatic carbocycles. The second-order valence-electron chi connectivity index (χ2n) is 2.44. The molecule has 0 saturated heterocycles. The van der Waals surface area contributed by atoms with E-state index in [-0.39, 0.29) is 21.1 Å². The SMILES string of the molecule is CCn1n[c-]c2ccccc21.[W]. The zero-order valence-electron chi connectivity index (χ0n) is 6.82. The van der Waals surface area contributed by atoms with Gasteiger partial charge >= 0.3 is 0 Å². The van der Waals surface area contributed by atoms with Gasteiger partial charge in [-0.15, -0.1) is 11.5 Å². The van der Waals surface area contributed by atoms with Crippen LogP contribution in [0.4, 0.5) is 0 Å². The monoisotopic (exact) mass is 329 g/mol. The van der Waals surface area contributed by atoms with Gasteiger partial charge in [-0.2, -0.15) is 6.07 Å². The topological polar surface area (TPSA) is 17.8 Å². The maximum absolute atomic E-state index is 4.11. The largest absolute Gasteiger partial charge is 0.331 e. The van der Waals surface area contributed by atoms with Crippen molar-refractivity contribution in [2.75, 3.05) is 0 Å². The molecule has 0 radical (unpaired) electrons. The predicted octanol–water partition coefficient (Wildman–Crippen LogP) is 1.85. The third-order valence-corrected chi connectivity index (χ3v) is 1.77. The number of aryl methyl sites for hydroxylation is 1. The molecule has 0 spiro atoms. The third-order valence-electron chi connectivity index (χ3n) is 1.77. The summed E-state index contributed by atoms with van der Waals surface area (Å²) in [5, 5.41) is 5.20. The first-order chi connectivity index (χ1) is 5.42. The number of hydrogen-bond acceptors (Lipinski definition) is 1. The van der Waals surface area contributed by atoms with E-state index in [4.69, 9.17) is 0 Å². The van der Waals surface area contributed by atoms with Crippen LogP contribution in [0.2, 0.25) is 0 Å². The van der Waals surface area contributed by atoms with Gasteiger partial charge in [0.15, 0.2) is 0 Å². The average Bonchev–Trinajstić information content (AvgIpc) is 2.47. The van der Waals surface area contributed by atoms with Crippen LogP contribution in [0, 0.1) is 6.20 Å². The standard InChI is InChI=1S/C9H9N2.W/c1-2-11-9-6-4-3-5-8(9)7-10-11;/h3-6H,2H2,1H3;/q-1;. The van der Waals surface area contributed by atoms with Crippen LogP contribution in [0.3, 0.4) is 0 Å². The molecule has 2 rings (SSSR count). The Morgan fingerprint density at radius 1 is 1.42 bits per heavy atom. The minimum Gasteiger partial charge on any atom is -0.331 e. The van der Waals surface area contributed by atoms with E-state index in [1.807, 2.05) is 22.9 Å². The Bertz CT molecular complexity index is 367. The number of nitrogens with zero attached hydrogens (tertiary/aromatic N) is 2.